The molecule has 0 bridgehead atoms. The predicted octanol–water partition coefficient (Wildman–Crippen LogP) is 4.33. The van der Waals surface area contributed by atoms with E-state index >= 15 is 0 Å². The zero-order valence-corrected chi connectivity index (χ0v) is 10.6. The molecule has 3 nitrogen and oxygen atoms in total. The number of anilines is 2. The van der Waals surface area contributed by atoms with E-state index in [1.165, 1.54) is 18.2 Å². The summed E-state index contributed by atoms with van der Waals surface area (Å²) in [7, 11) is 0. The summed E-state index contributed by atoms with van der Waals surface area (Å²) in [6.45, 7) is 0. The van der Waals surface area contributed by atoms with E-state index in [1.54, 1.807) is 6.07 Å². The Bertz CT molecular complexity index is 616. The van der Waals surface area contributed by atoms with Gasteiger partial charge >= 0.3 is 6.18 Å². The Morgan fingerprint density at radius 2 is 1.80 bits per heavy atom. The SMILES string of the molecule is Fc1ccccc1NNc1ncc(C(F)(F)F)cc1Cl. The molecule has 2 N–H and O–H groups in total. The van der Waals surface area contributed by atoms with E-state index in [9.17, 15) is 17.6 Å². The molecule has 0 aliphatic rings. The van der Waals surface area contributed by atoms with Crippen LogP contribution in [-0.4, -0.2) is 4.98 Å². The lowest BCUT2D eigenvalue weighted by molar-refractivity contribution is -0.137. The molecule has 0 radical (unpaired) electrons. The molecular formula is C12H8ClF4N3. The minimum absolute atomic E-state index is 0.0390. The molecule has 2 rings (SSSR count). The molecule has 20 heavy (non-hydrogen) atoms. The number of alkyl halides is 3. The smallest absolute Gasteiger partial charge is 0.297 e. The lowest BCUT2D eigenvalue weighted by Gasteiger charge is -2.12. The van der Waals surface area contributed by atoms with Crippen molar-refractivity contribution in [2.45, 2.75) is 6.18 Å². The first-order valence-electron chi connectivity index (χ1n) is 5.37. The van der Waals surface area contributed by atoms with Gasteiger partial charge in [-0.15, -0.1) is 0 Å². The van der Waals surface area contributed by atoms with Gasteiger partial charge in [-0.3, -0.25) is 10.9 Å². The highest BCUT2D eigenvalue weighted by molar-refractivity contribution is 6.33. The van der Waals surface area contributed by atoms with Crippen molar-refractivity contribution < 1.29 is 17.6 Å². The topological polar surface area (TPSA) is 37.0 Å². The normalized spacial score (nSPS) is 11.2. The summed E-state index contributed by atoms with van der Waals surface area (Å²) in [6.07, 6.45) is -3.88. The highest BCUT2D eigenvalue weighted by Crippen LogP contribution is 2.32. The summed E-state index contributed by atoms with van der Waals surface area (Å²) >= 11 is 5.68. The molecule has 1 aromatic carbocycles. The summed E-state index contributed by atoms with van der Waals surface area (Å²) in [5, 5.41) is -0.233. The molecule has 0 unspecified atom stereocenters. The highest BCUT2D eigenvalue weighted by atomic mass is 35.5. The van der Waals surface area contributed by atoms with E-state index in [-0.39, 0.29) is 16.5 Å². The Labute approximate surface area is 116 Å². The minimum atomic E-state index is -4.52. The second-order valence-electron chi connectivity index (χ2n) is 3.78. The van der Waals surface area contributed by atoms with Crippen molar-refractivity contribution in [3.05, 3.63) is 52.9 Å². The van der Waals surface area contributed by atoms with Crippen molar-refractivity contribution in [2.24, 2.45) is 0 Å². The van der Waals surface area contributed by atoms with E-state index in [0.29, 0.717) is 6.20 Å². The molecule has 0 spiro atoms. The molecule has 106 valence electrons. The zero-order valence-electron chi connectivity index (χ0n) is 9.80. The fraction of sp³-hybridized carbons (Fsp3) is 0.0833. The van der Waals surface area contributed by atoms with Crippen LogP contribution in [0.4, 0.5) is 29.1 Å². The van der Waals surface area contributed by atoms with Crippen molar-refractivity contribution in [2.75, 3.05) is 10.9 Å². The molecule has 0 saturated heterocycles. The van der Waals surface area contributed by atoms with Crippen molar-refractivity contribution in [1.29, 1.82) is 0 Å². The van der Waals surface area contributed by atoms with Crippen LogP contribution in [0.5, 0.6) is 0 Å². The summed E-state index contributed by atoms with van der Waals surface area (Å²) in [6, 6.07) is 6.50. The maximum atomic E-state index is 13.3. The standard InChI is InChI=1S/C12H8ClF4N3/c13-8-5-7(12(15,16)17)6-18-11(8)20-19-10-4-2-1-3-9(10)14/h1-6,19H,(H,18,20). The van der Waals surface area contributed by atoms with Gasteiger partial charge in [-0.1, -0.05) is 23.7 Å². The van der Waals surface area contributed by atoms with Crippen LogP contribution in [0.2, 0.25) is 5.02 Å². The predicted molar refractivity (Wildman–Crippen MR) is 67.9 cm³/mol. The molecule has 0 aliphatic heterocycles. The monoisotopic (exact) mass is 305 g/mol. The third-order valence-corrected chi connectivity index (χ3v) is 2.65. The number of para-hydroxylation sites is 1. The summed E-state index contributed by atoms with van der Waals surface area (Å²) in [5.74, 6) is -0.564. The molecule has 0 fully saturated rings. The van der Waals surface area contributed by atoms with Crippen LogP contribution in [0.1, 0.15) is 5.56 Å². The van der Waals surface area contributed by atoms with E-state index in [1.807, 2.05) is 0 Å². The molecular weight excluding hydrogens is 298 g/mol. The van der Waals surface area contributed by atoms with Crippen molar-refractivity contribution >= 4 is 23.1 Å². The Kier molecular flexibility index (Phi) is 3.99. The van der Waals surface area contributed by atoms with Gasteiger partial charge in [-0.2, -0.15) is 13.2 Å². The van der Waals surface area contributed by atoms with E-state index in [2.05, 4.69) is 15.8 Å². The van der Waals surface area contributed by atoms with Crippen LogP contribution >= 0.6 is 11.6 Å². The van der Waals surface area contributed by atoms with Gasteiger partial charge in [-0.25, -0.2) is 9.37 Å². The average Bonchev–Trinajstić information content (AvgIpc) is 2.38. The Hall–Kier alpha value is -2.02. The van der Waals surface area contributed by atoms with Gasteiger partial charge in [0.1, 0.15) is 5.82 Å². The number of nitrogens with one attached hydrogen (secondary N) is 2. The molecule has 8 heteroatoms. The van der Waals surface area contributed by atoms with Gasteiger partial charge in [0, 0.05) is 6.20 Å². The maximum Gasteiger partial charge on any atom is 0.417 e. The van der Waals surface area contributed by atoms with Gasteiger partial charge in [0.25, 0.3) is 0 Å². The van der Waals surface area contributed by atoms with Crippen LogP contribution in [0.15, 0.2) is 36.5 Å². The van der Waals surface area contributed by atoms with Gasteiger partial charge in [0.2, 0.25) is 0 Å². The van der Waals surface area contributed by atoms with Crippen LogP contribution in [0, 0.1) is 5.82 Å². The van der Waals surface area contributed by atoms with E-state index < -0.39 is 17.6 Å². The van der Waals surface area contributed by atoms with Crippen molar-refractivity contribution in [3.8, 4) is 0 Å². The molecule has 0 aliphatic carbocycles. The second kappa shape index (κ2) is 5.54. The lowest BCUT2D eigenvalue weighted by atomic mass is 10.3. The molecule has 2 aromatic rings. The van der Waals surface area contributed by atoms with Crippen LogP contribution in [0.3, 0.4) is 0 Å². The van der Waals surface area contributed by atoms with E-state index in [0.717, 1.165) is 6.07 Å². The Balaban J connectivity index is 2.13. The zero-order chi connectivity index (χ0) is 14.8. The van der Waals surface area contributed by atoms with Crippen LogP contribution in [-0.2, 0) is 6.18 Å². The second-order valence-corrected chi connectivity index (χ2v) is 4.19. The van der Waals surface area contributed by atoms with Crippen molar-refractivity contribution in [1.82, 2.24) is 4.98 Å². The number of benzene rings is 1. The molecule has 1 aromatic heterocycles. The third kappa shape index (κ3) is 3.30. The molecule has 1 heterocycles. The summed E-state index contributed by atoms with van der Waals surface area (Å²) in [4.78, 5) is 3.54. The third-order valence-electron chi connectivity index (χ3n) is 2.36. The van der Waals surface area contributed by atoms with Crippen molar-refractivity contribution in [3.63, 3.8) is 0 Å². The Morgan fingerprint density at radius 3 is 2.40 bits per heavy atom. The summed E-state index contributed by atoms with van der Waals surface area (Å²) in [5.41, 5.74) is 4.08. The number of nitrogens with zero attached hydrogens (tertiary/aromatic N) is 1. The largest absolute Gasteiger partial charge is 0.417 e. The average molecular weight is 306 g/mol. The van der Waals surface area contributed by atoms with E-state index in [4.69, 9.17) is 11.6 Å². The number of hydrogen-bond donors (Lipinski definition) is 2. The van der Waals surface area contributed by atoms with Crippen LogP contribution < -0.4 is 10.9 Å². The number of hydrazine groups is 1. The number of aromatic nitrogens is 1. The number of pyridine rings is 1. The fourth-order valence-electron chi connectivity index (χ4n) is 1.37. The lowest BCUT2D eigenvalue weighted by Crippen LogP contribution is -2.13. The first-order chi connectivity index (χ1) is 9.38. The van der Waals surface area contributed by atoms with Gasteiger partial charge in [-0.05, 0) is 18.2 Å². The molecule has 0 amide bonds. The first-order valence-corrected chi connectivity index (χ1v) is 5.75. The number of rotatable bonds is 3. The van der Waals surface area contributed by atoms with Gasteiger partial charge < -0.3 is 0 Å². The minimum Gasteiger partial charge on any atom is -0.297 e. The van der Waals surface area contributed by atoms with Gasteiger partial charge in [0.05, 0.1) is 16.3 Å². The quantitative estimate of drug-likeness (QED) is 0.654. The summed E-state index contributed by atoms with van der Waals surface area (Å²) < 4.78 is 50.6. The molecule has 0 saturated carbocycles. The van der Waals surface area contributed by atoms with Crippen LogP contribution in [0.25, 0.3) is 0 Å². The Morgan fingerprint density at radius 1 is 1.10 bits per heavy atom. The molecule has 0 atom stereocenters. The first kappa shape index (κ1) is 14.4. The maximum absolute atomic E-state index is 13.3. The van der Waals surface area contributed by atoms with Gasteiger partial charge in [0.15, 0.2) is 5.82 Å². The number of halogens is 5. The number of hydrogen-bond acceptors (Lipinski definition) is 3. The highest BCUT2D eigenvalue weighted by Gasteiger charge is 2.31. The fourth-order valence-corrected chi connectivity index (χ4v) is 1.59.